The highest BCUT2D eigenvalue weighted by Crippen LogP contribution is 2.42. The molecule has 3 aromatic rings. The highest BCUT2D eigenvalue weighted by molar-refractivity contribution is 5.94. The molecule has 1 aromatic heterocycles. The summed E-state index contributed by atoms with van der Waals surface area (Å²) in [6.45, 7) is 3.22. The van der Waals surface area contributed by atoms with Crippen molar-refractivity contribution in [3.63, 3.8) is 0 Å². The highest BCUT2D eigenvalue weighted by Gasteiger charge is 2.45. The smallest absolute Gasteiger partial charge is 0.204 e. The van der Waals surface area contributed by atoms with Crippen molar-refractivity contribution in [1.29, 1.82) is 0 Å². The summed E-state index contributed by atoms with van der Waals surface area (Å²) < 4.78 is 11.6. The molecule has 1 saturated heterocycles. The summed E-state index contributed by atoms with van der Waals surface area (Å²) in [5.74, 6) is -0.408. The lowest BCUT2D eigenvalue weighted by Crippen LogP contribution is -2.55. The number of benzene rings is 2. The van der Waals surface area contributed by atoms with Gasteiger partial charge in [-0.2, -0.15) is 0 Å². The number of aliphatic hydroxyl groups is 4. The van der Waals surface area contributed by atoms with Crippen LogP contribution in [0.2, 0.25) is 0 Å². The summed E-state index contributed by atoms with van der Waals surface area (Å²) in [6.07, 6.45) is -5.91. The Morgan fingerprint density at radius 2 is 1.71 bits per heavy atom. The molecule has 4 rings (SSSR count). The van der Waals surface area contributed by atoms with Gasteiger partial charge in [-0.25, -0.2) is 0 Å². The third-order valence-electron chi connectivity index (χ3n) is 6.09. The normalized spacial score (nSPS) is 26.6. The molecule has 0 bridgehead atoms. The molecule has 1 fully saturated rings. The number of phenolic OH excluding ortho intramolecular Hbond substituents is 1. The Balaban J connectivity index is 1.98. The van der Waals surface area contributed by atoms with Crippen molar-refractivity contribution in [1.82, 2.24) is 0 Å². The van der Waals surface area contributed by atoms with Gasteiger partial charge in [-0.3, -0.25) is 4.79 Å². The molecule has 2 heterocycles. The maximum atomic E-state index is 13.2. The van der Waals surface area contributed by atoms with Gasteiger partial charge in [0.2, 0.25) is 5.43 Å². The molecule has 0 radical (unpaired) electrons. The molecule has 2 aromatic carbocycles. The first-order chi connectivity index (χ1) is 14.8. The van der Waals surface area contributed by atoms with E-state index in [2.05, 4.69) is 0 Å². The fourth-order valence-electron chi connectivity index (χ4n) is 4.27. The van der Waals surface area contributed by atoms with E-state index in [0.29, 0.717) is 23.0 Å². The van der Waals surface area contributed by atoms with Gasteiger partial charge in [0.25, 0.3) is 0 Å². The Morgan fingerprint density at radius 1 is 0.968 bits per heavy atom. The summed E-state index contributed by atoms with van der Waals surface area (Å²) in [6, 6.07) is 6.89. The van der Waals surface area contributed by atoms with Crippen LogP contribution in [0.25, 0.3) is 21.9 Å². The SMILES string of the molecule is CCc1ccc2c(=O)c3c(O)c([C@@H]4O[C@H](CO)[C@@H](O)[C@H](O)[C@H]4O)c(CC)cc3oc2c1. The number of aliphatic hydroxyl groups excluding tert-OH is 4. The lowest BCUT2D eigenvalue weighted by Gasteiger charge is -2.41. The summed E-state index contributed by atoms with van der Waals surface area (Å²) in [7, 11) is 0. The maximum absolute atomic E-state index is 13.2. The Labute approximate surface area is 177 Å². The molecule has 0 spiro atoms. The Hall–Kier alpha value is -2.49. The van der Waals surface area contributed by atoms with Crippen molar-refractivity contribution >= 4 is 21.9 Å². The van der Waals surface area contributed by atoms with Gasteiger partial charge in [-0.05, 0) is 42.2 Å². The van der Waals surface area contributed by atoms with E-state index >= 15 is 0 Å². The zero-order valence-corrected chi connectivity index (χ0v) is 17.3. The molecule has 0 aliphatic carbocycles. The Kier molecular flexibility index (Phi) is 5.76. The van der Waals surface area contributed by atoms with Crippen molar-refractivity contribution in [2.24, 2.45) is 0 Å². The quantitative estimate of drug-likeness (QED) is 0.390. The van der Waals surface area contributed by atoms with Gasteiger partial charge in [-0.1, -0.05) is 19.9 Å². The van der Waals surface area contributed by atoms with Gasteiger partial charge in [0.1, 0.15) is 52.8 Å². The minimum atomic E-state index is -1.60. The van der Waals surface area contributed by atoms with Crippen LogP contribution in [0, 0.1) is 0 Å². The molecule has 5 N–H and O–H groups in total. The van der Waals surface area contributed by atoms with Crippen LogP contribution >= 0.6 is 0 Å². The number of hydrogen-bond acceptors (Lipinski definition) is 8. The highest BCUT2D eigenvalue weighted by atomic mass is 16.5. The van der Waals surface area contributed by atoms with Gasteiger partial charge in [0.05, 0.1) is 12.0 Å². The van der Waals surface area contributed by atoms with Gasteiger partial charge in [0, 0.05) is 5.56 Å². The van der Waals surface area contributed by atoms with Crippen molar-refractivity contribution in [2.45, 2.75) is 57.2 Å². The van der Waals surface area contributed by atoms with Crippen molar-refractivity contribution in [3.05, 3.63) is 51.2 Å². The van der Waals surface area contributed by atoms with Gasteiger partial charge >= 0.3 is 0 Å². The van der Waals surface area contributed by atoms with Crippen LogP contribution in [0.3, 0.4) is 0 Å². The first kappa shape index (κ1) is 21.7. The lowest BCUT2D eigenvalue weighted by atomic mass is 9.87. The molecule has 31 heavy (non-hydrogen) atoms. The predicted molar refractivity (Wildman–Crippen MR) is 113 cm³/mol. The van der Waals surface area contributed by atoms with E-state index in [1.165, 1.54) is 0 Å². The van der Waals surface area contributed by atoms with Crippen LogP contribution < -0.4 is 5.43 Å². The summed E-state index contributed by atoms with van der Waals surface area (Å²) >= 11 is 0. The fraction of sp³-hybridized carbons (Fsp3) is 0.435. The summed E-state index contributed by atoms with van der Waals surface area (Å²) in [5, 5.41) is 51.7. The minimum absolute atomic E-state index is 0.0547. The van der Waals surface area contributed by atoms with Crippen molar-refractivity contribution in [2.75, 3.05) is 6.61 Å². The van der Waals surface area contributed by atoms with Crippen LogP contribution in [0.5, 0.6) is 5.75 Å². The number of aryl methyl sites for hydroxylation is 2. The topological polar surface area (TPSA) is 141 Å². The largest absolute Gasteiger partial charge is 0.507 e. The van der Waals surface area contributed by atoms with Crippen molar-refractivity contribution < 1.29 is 34.7 Å². The second-order valence-electron chi connectivity index (χ2n) is 7.89. The molecular weight excluding hydrogens is 404 g/mol. The number of aromatic hydroxyl groups is 1. The van der Waals surface area contributed by atoms with Crippen LogP contribution in [-0.2, 0) is 17.6 Å². The van der Waals surface area contributed by atoms with Crippen LogP contribution in [-0.4, -0.2) is 56.6 Å². The summed E-state index contributed by atoms with van der Waals surface area (Å²) in [4.78, 5) is 13.2. The van der Waals surface area contributed by atoms with Crippen molar-refractivity contribution in [3.8, 4) is 5.75 Å². The van der Waals surface area contributed by atoms with E-state index in [9.17, 15) is 30.3 Å². The van der Waals surface area contributed by atoms with Gasteiger partial charge in [0.15, 0.2) is 0 Å². The molecule has 5 atom stereocenters. The first-order valence-electron chi connectivity index (χ1n) is 10.4. The molecule has 0 amide bonds. The van der Waals surface area contributed by atoms with Gasteiger partial charge < -0.3 is 34.7 Å². The zero-order valence-electron chi connectivity index (χ0n) is 17.3. The Bertz CT molecular complexity index is 1180. The van der Waals surface area contributed by atoms with E-state index in [4.69, 9.17) is 9.15 Å². The second-order valence-corrected chi connectivity index (χ2v) is 7.89. The number of ether oxygens (including phenoxy) is 1. The standard InChI is InChI=1S/C23H26O8/c1-3-10-5-6-12-13(7-10)30-14-8-11(4-2)16(20(27)17(14)18(12)25)23-22(29)21(28)19(26)15(9-24)31-23/h5-8,15,19,21-24,26-29H,3-4,9H2,1-2H3/t15-,19-,21+,22-,23+/m1/s1. The monoisotopic (exact) mass is 430 g/mol. The number of phenols is 1. The number of fused-ring (bicyclic) bond motifs is 2. The summed E-state index contributed by atoms with van der Waals surface area (Å²) in [5.41, 5.74) is 1.87. The van der Waals surface area contributed by atoms with Crippen LogP contribution in [0.1, 0.15) is 36.6 Å². The first-order valence-corrected chi connectivity index (χ1v) is 10.4. The molecule has 8 heteroatoms. The maximum Gasteiger partial charge on any atom is 0.204 e. The molecule has 1 aliphatic rings. The van der Waals surface area contributed by atoms with E-state index in [1.54, 1.807) is 18.2 Å². The molecule has 0 unspecified atom stereocenters. The Morgan fingerprint density at radius 3 is 2.35 bits per heavy atom. The predicted octanol–water partition coefficient (Wildman–Crippen LogP) is 1.29. The van der Waals surface area contributed by atoms with Crippen LogP contribution in [0.4, 0.5) is 0 Å². The van der Waals surface area contributed by atoms with Crippen LogP contribution in [0.15, 0.2) is 33.5 Å². The van der Waals surface area contributed by atoms with E-state index in [0.717, 1.165) is 12.0 Å². The fourth-order valence-corrected chi connectivity index (χ4v) is 4.27. The zero-order chi connectivity index (χ0) is 22.4. The molecular formula is C23H26O8. The number of rotatable bonds is 4. The third kappa shape index (κ3) is 3.40. The lowest BCUT2D eigenvalue weighted by molar-refractivity contribution is -0.232. The molecule has 8 nitrogen and oxygen atoms in total. The van der Waals surface area contributed by atoms with E-state index in [1.807, 2.05) is 19.9 Å². The molecule has 0 saturated carbocycles. The van der Waals surface area contributed by atoms with E-state index < -0.39 is 48.3 Å². The molecule has 1 aliphatic heterocycles. The van der Waals surface area contributed by atoms with E-state index in [-0.39, 0.29) is 16.5 Å². The third-order valence-corrected chi connectivity index (χ3v) is 6.09. The average Bonchev–Trinajstić information content (AvgIpc) is 2.77. The second kappa shape index (κ2) is 8.22. The average molecular weight is 430 g/mol. The minimum Gasteiger partial charge on any atom is -0.507 e. The number of hydrogen-bond donors (Lipinski definition) is 5. The van der Waals surface area contributed by atoms with Gasteiger partial charge in [-0.15, -0.1) is 0 Å². The molecule has 166 valence electrons.